The Bertz CT molecular complexity index is 967. The molecule has 0 spiro atoms. The summed E-state index contributed by atoms with van der Waals surface area (Å²) < 4.78 is 5.52. The molecule has 4 rings (SSSR count). The predicted molar refractivity (Wildman–Crippen MR) is 101 cm³/mol. The van der Waals surface area contributed by atoms with Crippen molar-refractivity contribution in [2.24, 2.45) is 5.41 Å². The molecule has 1 aliphatic rings. The van der Waals surface area contributed by atoms with Crippen molar-refractivity contribution in [1.82, 2.24) is 25.6 Å². The fourth-order valence-corrected chi connectivity index (χ4v) is 3.74. The summed E-state index contributed by atoms with van der Waals surface area (Å²) in [4.78, 5) is 27.1. The molecule has 0 aliphatic carbocycles. The first-order chi connectivity index (χ1) is 13.6. The highest BCUT2D eigenvalue weighted by atomic mass is 16.5. The van der Waals surface area contributed by atoms with E-state index in [4.69, 9.17) is 4.52 Å². The van der Waals surface area contributed by atoms with Gasteiger partial charge in [-0.2, -0.15) is 5.10 Å². The van der Waals surface area contributed by atoms with Crippen LogP contribution in [0.5, 0.6) is 0 Å². The van der Waals surface area contributed by atoms with Crippen molar-refractivity contribution < 1.29 is 14.1 Å². The van der Waals surface area contributed by atoms with Crippen LogP contribution in [0.4, 0.5) is 0 Å². The molecule has 144 valence electrons. The third kappa shape index (κ3) is 3.28. The number of H-pyrrole nitrogens is 1. The minimum Gasteiger partial charge on any atom is -0.361 e. The normalized spacial score (nSPS) is 19.0. The molecule has 1 fully saturated rings. The van der Waals surface area contributed by atoms with E-state index in [9.17, 15) is 9.59 Å². The summed E-state index contributed by atoms with van der Waals surface area (Å²) >= 11 is 0. The summed E-state index contributed by atoms with van der Waals surface area (Å²) in [5.74, 6) is 0.356. The number of carbonyl (C=O) groups excluding carboxylic acids is 2. The Morgan fingerprint density at radius 1 is 1.29 bits per heavy atom. The third-order valence-electron chi connectivity index (χ3n) is 5.22. The number of nitrogens with zero attached hydrogens (tertiary/aromatic N) is 3. The van der Waals surface area contributed by atoms with Crippen LogP contribution < -0.4 is 5.32 Å². The summed E-state index contributed by atoms with van der Waals surface area (Å²) in [6, 6.07) is 13.2. The Hall–Kier alpha value is -3.42. The fraction of sp³-hybridized carbons (Fsp3) is 0.300. The van der Waals surface area contributed by atoms with Crippen LogP contribution in [-0.4, -0.2) is 52.2 Å². The van der Waals surface area contributed by atoms with Crippen LogP contribution in [0.15, 0.2) is 53.2 Å². The second kappa shape index (κ2) is 7.30. The van der Waals surface area contributed by atoms with Gasteiger partial charge in [-0.15, -0.1) is 0 Å². The summed E-state index contributed by atoms with van der Waals surface area (Å²) in [5.41, 5.74) is 1.34. The van der Waals surface area contributed by atoms with Gasteiger partial charge in [0.15, 0.2) is 0 Å². The molecule has 2 amide bonds. The van der Waals surface area contributed by atoms with E-state index in [-0.39, 0.29) is 11.8 Å². The number of rotatable bonds is 5. The molecule has 1 aromatic carbocycles. The Balaban J connectivity index is 1.55. The van der Waals surface area contributed by atoms with E-state index in [0.717, 1.165) is 11.3 Å². The van der Waals surface area contributed by atoms with Crippen molar-refractivity contribution in [2.45, 2.75) is 12.8 Å². The summed E-state index contributed by atoms with van der Waals surface area (Å²) in [6.07, 6.45) is 2.46. The topological polar surface area (TPSA) is 104 Å². The number of nitrogens with one attached hydrogen (secondary N) is 2. The number of hydrogen-bond donors (Lipinski definition) is 2. The zero-order valence-corrected chi connectivity index (χ0v) is 15.5. The van der Waals surface area contributed by atoms with Gasteiger partial charge in [-0.3, -0.25) is 14.7 Å². The first kappa shape index (κ1) is 18.0. The molecule has 8 nitrogen and oxygen atoms in total. The van der Waals surface area contributed by atoms with Crippen LogP contribution in [0.2, 0.25) is 0 Å². The zero-order chi connectivity index (χ0) is 19.6. The van der Waals surface area contributed by atoms with E-state index < -0.39 is 5.41 Å². The molecule has 0 bridgehead atoms. The molecule has 28 heavy (non-hydrogen) atoms. The van der Waals surface area contributed by atoms with Gasteiger partial charge in [-0.1, -0.05) is 35.5 Å². The monoisotopic (exact) mass is 379 g/mol. The molecular formula is C20H21N5O3. The lowest BCUT2D eigenvalue weighted by atomic mass is 9.81. The lowest BCUT2D eigenvalue weighted by Gasteiger charge is -2.26. The van der Waals surface area contributed by atoms with Crippen LogP contribution in [0.25, 0.3) is 11.3 Å². The Kier molecular flexibility index (Phi) is 4.68. The van der Waals surface area contributed by atoms with Gasteiger partial charge in [0, 0.05) is 44.4 Å². The lowest BCUT2D eigenvalue weighted by Crippen LogP contribution is -2.44. The van der Waals surface area contributed by atoms with Gasteiger partial charge in [0.1, 0.15) is 17.1 Å². The first-order valence-corrected chi connectivity index (χ1v) is 9.13. The quantitative estimate of drug-likeness (QED) is 0.704. The number of likely N-dealkylation sites (tertiary alicyclic amines) is 1. The Morgan fingerprint density at radius 3 is 2.82 bits per heavy atom. The predicted octanol–water partition coefficient (Wildman–Crippen LogP) is 1.89. The Morgan fingerprint density at radius 2 is 2.11 bits per heavy atom. The molecule has 1 aliphatic heterocycles. The minimum atomic E-state index is -0.752. The largest absolute Gasteiger partial charge is 0.361 e. The van der Waals surface area contributed by atoms with E-state index >= 15 is 0 Å². The van der Waals surface area contributed by atoms with Crippen LogP contribution >= 0.6 is 0 Å². The maximum atomic E-state index is 12.7. The average Bonchev–Trinajstić information content (AvgIpc) is 3.49. The number of benzene rings is 1. The van der Waals surface area contributed by atoms with Gasteiger partial charge < -0.3 is 14.7 Å². The first-order valence-electron chi connectivity index (χ1n) is 9.13. The van der Waals surface area contributed by atoms with Crippen molar-refractivity contribution in [1.29, 1.82) is 0 Å². The number of hydrogen-bond acceptors (Lipinski definition) is 5. The molecule has 0 radical (unpaired) electrons. The summed E-state index contributed by atoms with van der Waals surface area (Å²) in [7, 11) is 1.61. The van der Waals surface area contributed by atoms with E-state index in [0.29, 0.717) is 37.4 Å². The maximum Gasteiger partial charge on any atom is 0.271 e. The SMILES string of the molecule is CNC(=O)[C@@]1(Cc2cc(-c3ccccc3)no2)CCN(C(=O)c2ccn[nH]2)C1. The number of carbonyl (C=O) groups is 2. The van der Waals surface area contributed by atoms with Gasteiger partial charge in [0.2, 0.25) is 5.91 Å². The molecule has 0 saturated carbocycles. The average molecular weight is 379 g/mol. The number of amides is 2. The van der Waals surface area contributed by atoms with Crippen molar-refractivity contribution >= 4 is 11.8 Å². The smallest absolute Gasteiger partial charge is 0.271 e. The van der Waals surface area contributed by atoms with Gasteiger partial charge in [-0.25, -0.2) is 0 Å². The van der Waals surface area contributed by atoms with Crippen LogP contribution in [-0.2, 0) is 11.2 Å². The van der Waals surface area contributed by atoms with Crippen molar-refractivity contribution in [3.05, 3.63) is 60.1 Å². The molecule has 1 atom stereocenters. The molecule has 0 unspecified atom stereocenters. The van der Waals surface area contributed by atoms with Gasteiger partial charge in [0.05, 0.1) is 5.41 Å². The molecule has 2 aromatic heterocycles. The van der Waals surface area contributed by atoms with E-state index in [1.54, 1.807) is 18.0 Å². The van der Waals surface area contributed by atoms with Gasteiger partial charge >= 0.3 is 0 Å². The standard InChI is InChI=1S/C20H21N5O3/c1-21-19(27)20(8-10-25(13-20)18(26)16-7-9-22-23-16)12-15-11-17(24-28-15)14-5-3-2-4-6-14/h2-7,9,11H,8,10,12-13H2,1H3,(H,21,27)(H,22,23)/t20-/m1/s1. The summed E-state index contributed by atoms with van der Waals surface area (Å²) in [5, 5.41) is 13.4. The number of aromatic nitrogens is 3. The molecule has 1 saturated heterocycles. The number of aromatic amines is 1. The van der Waals surface area contributed by atoms with E-state index in [2.05, 4.69) is 20.7 Å². The Labute approximate surface area is 161 Å². The molecule has 3 aromatic rings. The lowest BCUT2D eigenvalue weighted by molar-refractivity contribution is -0.130. The highest BCUT2D eigenvalue weighted by Crippen LogP contribution is 2.36. The van der Waals surface area contributed by atoms with E-state index in [1.165, 1.54) is 6.20 Å². The van der Waals surface area contributed by atoms with E-state index in [1.807, 2.05) is 36.4 Å². The van der Waals surface area contributed by atoms with Crippen LogP contribution in [0.1, 0.15) is 22.7 Å². The summed E-state index contributed by atoms with van der Waals surface area (Å²) in [6.45, 7) is 0.802. The second-order valence-electron chi connectivity index (χ2n) is 7.03. The highest BCUT2D eigenvalue weighted by molar-refractivity contribution is 5.93. The van der Waals surface area contributed by atoms with Gasteiger partial charge in [0.25, 0.3) is 5.91 Å². The maximum absolute atomic E-state index is 12.7. The third-order valence-corrected chi connectivity index (χ3v) is 5.22. The molecule has 3 heterocycles. The minimum absolute atomic E-state index is 0.106. The van der Waals surface area contributed by atoms with Crippen molar-refractivity contribution in [3.63, 3.8) is 0 Å². The molecule has 2 N–H and O–H groups in total. The van der Waals surface area contributed by atoms with Crippen LogP contribution in [0.3, 0.4) is 0 Å². The highest BCUT2D eigenvalue weighted by Gasteiger charge is 2.46. The van der Waals surface area contributed by atoms with Gasteiger partial charge in [-0.05, 0) is 12.5 Å². The van der Waals surface area contributed by atoms with Crippen LogP contribution in [0, 0.1) is 5.41 Å². The molecule has 8 heteroatoms. The fourth-order valence-electron chi connectivity index (χ4n) is 3.74. The van der Waals surface area contributed by atoms with Crippen molar-refractivity contribution in [3.8, 4) is 11.3 Å². The molecular weight excluding hydrogens is 358 g/mol. The van der Waals surface area contributed by atoms with Crippen molar-refractivity contribution in [2.75, 3.05) is 20.1 Å². The zero-order valence-electron chi connectivity index (χ0n) is 15.5. The second-order valence-corrected chi connectivity index (χ2v) is 7.03.